The second-order valence-electron chi connectivity index (χ2n) is 19.5. The van der Waals surface area contributed by atoms with Gasteiger partial charge in [0.2, 0.25) is 5.79 Å². The summed E-state index contributed by atoms with van der Waals surface area (Å²) in [6, 6.07) is 12.5. The number of methoxy groups -OCH3 is 2. The van der Waals surface area contributed by atoms with Crippen LogP contribution in [0.25, 0.3) is 10.8 Å². The number of alkyl halides is 1. The molecule has 364 valence electrons. The van der Waals surface area contributed by atoms with E-state index in [9.17, 15) is 34.5 Å². The fourth-order valence-corrected chi connectivity index (χ4v) is 10.6. The topological polar surface area (TPSA) is 178 Å². The van der Waals surface area contributed by atoms with Crippen LogP contribution in [-0.2, 0) is 38.1 Å². The molecule has 0 aromatic heterocycles. The molecule has 3 fully saturated rings. The van der Waals surface area contributed by atoms with Crippen LogP contribution in [0.4, 0.5) is 4.39 Å². The maximum Gasteiger partial charge on any atom is 0.329 e. The zero-order valence-electron chi connectivity index (χ0n) is 39.9. The highest BCUT2D eigenvalue weighted by Crippen LogP contribution is 2.40. The Morgan fingerprint density at radius 2 is 1.61 bits per heavy atom. The third-order valence-corrected chi connectivity index (χ3v) is 14.8. The van der Waals surface area contributed by atoms with Crippen LogP contribution in [0.1, 0.15) is 106 Å². The first-order valence-electron chi connectivity index (χ1n) is 24.0. The predicted molar refractivity (Wildman–Crippen MR) is 246 cm³/mol. The molecule has 4 aliphatic rings. The number of benzene rings is 2. The zero-order chi connectivity index (χ0) is 48.0. The first-order chi connectivity index (χ1) is 31.4. The number of nitrogens with zero attached hydrogens (tertiary/aromatic N) is 1. The van der Waals surface area contributed by atoms with Crippen molar-refractivity contribution in [2.75, 3.05) is 20.8 Å². The molecule has 0 spiro atoms. The highest BCUT2D eigenvalue weighted by atomic mass is 19.1. The summed E-state index contributed by atoms with van der Waals surface area (Å²) >= 11 is 0. The quantitative estimate of drug-likeness (QED) is 0.147. The number of carbonyl (C=O) groups is 4. The lowest BCUT2D eigenvalue weighted by Gasteiger charge is -2.47. The number of ketones is 2. The SMILES string of the molecule is CCC1/C=C(\C)C(F)C(C)CC(OC)C2OC(O)(C(=O)C(=O)N3CCCCC3C(=O)OC(C(C)=CC3CCC(Oc4cccc5ccccc45)C(O)C3)C(C)C(O)CC1=O)C(C)CC2OC. The Labute approximate surface area is 389 Å². The number of aliphatic hydroxyl groups excluding tert-OH is 2. The predicted octanol–water partition coefficient (Wildman–Crippen LogP) is 7.01. The van der Waals surface area contributed by atoms with Gasteiger partial charge in [-0.25, -0.2) is 9.18 Å². The third kappa shape index (κ3) is 11.3. The average Bonchev–Trinajstić information content (AvgIpc) is 3.31. The number of hydrogen-bond donors (Lipinski definition) is 3. The number of piperidine rings is 1. The largest absolute Gasteiger partial charge is 0.487 e. The van der Waals surface area contributed by atoms with Gasteiger partial charge in [0.15, 0.2) is 0 Å². The molecule has 3 heterocycles. The van der Waals surface area contributed by atoms with Crippen molar-refractivity contribution in [3.8, 4) is 5.75 Å². The lowest BCUT2D eigenvalue weighted by Crippen LogP contribution is -2.64. The molecule has 3 N–H and O–H groups in total. The van der Waals surface area contributed by atoms with Gasteiger partial charge in [0, 0.05) is 50.3 Å². The van der Waals surface area contributed by atoms with Crippen molar-refractivity contribution in [3.63, 3.8) is 0 Å². The first kappa shape index (κ1) is 51.3. The minimum absolute atomic E-state index is 0.0356. The molecular formula is C52H72FNO12. The highest BCUT2D eigenvalue weighted by Gasteiger charge is 2.57. The van der Waals surface area contributed by atoms with Crippen LogP contribution in [0.3, 0.4) is 0 Å². The number of hydrogen-bond acceptors (Lipinski definition) is 12. The van der Waals surface area contributed by atoms with Crippen molar-refractivity contribution in [3.05, 3.63) is 65.8 Å². The molecule has 14 heteroatoms. The van der Waals surface area contributed by atoms with E-state index in [1.807, 2.05) is 55.5 Å². The van der Waals surface area contributed by atoms with Crippen LogP contribution in [-0.4, -0.2) is 125 Å². The van der Waals surface area contributed by atoms with Crippen LogP contribution in [0, 0.1) is 29.6 Å². The van der Waals surface area contributed by atoms with E-state index in [1.54, 1.807) is 40.7 Å². The molecule has 1 aliphatic carbocycles. The van der Waals surface area contributed by atoms with Crippen molar-refractivity contribution < 1.29 is 62.6 Å². The lowest BCUT2D eigenvalue weighted by atomic mass is 9.81. The Morgan fingerprint density at radius 1 is 0.909 bits per heavy atom. The third-order valence-electron chi connectivity index (χ3n) is 14.8. The van der Waals surface area contributed by atoms with Gasteiger partial charge in [-0.1, -0.05) is 76.2 Å². The van der Waals surface area contributed by atoms with Gasteiger partial charge in [-0.05, 0) is 106 Å². The number of aliphatic hydroxyl groups is 3. The second kappa shape index (κ2) is 22.4. The van der Waals surface area contributed by atoms with Gasteiger partial charge in [0.05, 0.1) is 24.4 Å². The Bertz CT molecular complexity index is 2090. The summed E-state index contributed by atoms with van der Waals surface area (Å²) in [6.07, 6.45) is -1.24. The number of rotatable bonds is 7. The van der Waals surface area contributed by atoms with E-state index in [1.165, 1.54) is 14.2 Å². The molecule has 2 aromatic carbocycles. The van der Waals surface area contributed by atoms with Gasteiger partial charge in [0.25, 0.3) is 11.7 Å². The summed E-state index contributed by atoms with van der Waals surface area (Å²) in [7, 11) is 2.88. The molecule has 0 radical (unpaired) electrons. The highest BCUT2D eigenvalue weighted by molar-refractivity contribution is 6.39. The maximum atomic E-state index is 16.3. The van der Waals surface area contributed by atoms with Gasteiger partial charge >= 0.3 is 5.97 Å². The molecule has 2 aromatic rings. The molecule has 6 rings (SSSR count). The van der Waals surface area contributed by atoms with Crippen LogP contribution in [0.5, 0.6) is 5.75 Å². The number of amides is 1. The van der Waals surface area contributed by atoms with E-state index < -0.39 is 102 Å². The zero-order valence-corrected chi connectivity index (χ0v) is 39.9. The van der Waals surface area contributed by atoms with E-state index in [0.29, 0.717) is 55.4 Å². The standard InChI is InChI=1S/C52H72FNO12/c1-9-35-24-29(2)46(53)30(3)25-44(62-7)48-45(63-8)26-32(5)52(61,66-48)49(58)50(59)54-22-13-12-18-38(54)51(60)65-47(33(6)39(55)28-40(35)56)31(4)23-34-20-21-43(41(57)27-34)64-42-19-14-16-36-15-10-11-17-37(36)42/h10-11,14-17,19,23-24,30,32-35,38-39,41,43-48,55,57,61H,9,12-13,18,20-22,25-28H2,1-8H3/b29-24+,31-23?. The van der Waals surface area contributed by atoms with Crippen molar-refractivity contribution >= 4 is 34.2 Å². The van der Waals surface area contributed by atoms with Gasteiger partial charge < -0.3 is 43.9 Å². The number of esters is 1. The minimum atomic E-state index is -2.62. The number of cyclic esters (lactones) is 1. The number of allylic oxidation sites excluding steroid dienone is 3. The van der Waals surface area contributed by atoms with Crippen molar-refractivity contribution in [1.29, 1.82) is 0 Å². The molecular weight excluding hydrogens is 850 g/mol. The summed E-state index contributed by atoms with van der Waals surface area (Å²) < 4.78 is 46.8. The monoisotopic (exact) mass is 922 g/mol. The fourth-order valence-electron chi connectivity index (χ4n) is 10.6. The Balaban J connectivity index is 1.31. The molecule has 15 unspecified atom stereocenters. The Kier molecular flexibility index (Phi) is 17.4. The van der Waals surface area contributed by atoms with E-state index in [-0.39, 0.29) is 43.9 Å². The van der Waals surface area contributed by atoms with Gasteiger partial charge in [-0.2, -0.15) is 0 Å². The lowest BCUT2D eigenvalue weighted by molar-refractivity contribution is -0.302. The van der Waals surface area contributed by atoms with Crippen LogP contribution in [0.15, 0.2) is 65.8 Å². The van der Waals surface area contributed by atoms with Crippen LogP contribution >= 0.6 is 0 Å². The van der Waals surface area contributed by atoms with Crippen LogP contribution in [0.2, 0.25) is 0 Å². The fraction of sp³-hybridized carbons (Fsp3) is 0.654. The van der Waals surface area contributed by atoms with E-state index in [4.69, 9.17) is 23.7 Å². The first-order valence-corrected chi connectivity index (χ1v) is 24.0. The summed E-state index contributed by atoms with van der Waals surface area (Å²) in [5, 5.41) is 37.3. The number of Topliss-reactive ketones (excluding diaryl/α,β-unsaturated/α-hetero) is 2. The molecule has 3 aliphatic heterocycles. The van der Waals surface area contributed by atoms with Gasteiger partial charge in [-0.3, -0.25) is 14.4 Å². The summed E-state index contributed by atoms with van der Waals surface area (Å²) in [6.45, 7) is 10.2. The van der Waals surface area contributed by atoms with Gasteiger partial charge in [-0.15, -0.1) is 0 Å². The van der Waals surface area contributed by atoms with E-state index in [0.717, 1.165) is 15.7 Å². The number of halogens is 1. The van der Waals surface area contributed by atoms with Crippen molar-refractivity contribution in [2.24, 2.45) is 29.6 Å². The molecule has 2 bridgehead atoms. The van der Waals surface area contributed by atoms with Crippen molar-refractivity contribution in [1.82, 2.24) is 4.90 Å². The van der Waals surface area contributed by atoms with Crippen LogP contribution < -0.4 is 4.74 Å². The molecule has 13 nitrogen and oxygen atoms in total. The smallest absolute Gasteiger partial charge is 0.329 e. The Morgan fingerprint density at radius 3 is 2.30 bits per heavy atom. The number of fused-ring (bicyclic) bond motifs is 4. The second-order valence-corrected chi connectivity index (χ2v) is 19.5. The number of ether oxygens (including phenoxy) is 5. The van der Waals surface area contributed by atoms with E-state index in [2.05, 4.69) is 0 Å². The molecule has 15 atom stereocenters. The molecule has 1 saturated carbocycles. The summed E-state index contributed by atoms with van der Waals surface area (Å²) in [5.41, 5.74) is 0.907. The van der Waals surface area contributed by atoms with Crippen molar-refractivity contribution in [2.45, 2.75) is 166 Å². The number of carbonyl (C=O) groups excluding carboxylic acids is 4. The normalized spacial score (nSPS) is 38.2. The Hall–Kier alpha value is -4.05. The molecule has 1 amide bonds. The minimum Gasteiger partial charge on any atom is -0.487 e. The average molecular weight is 922 g/mol. The van der Waals surface area contributed by atoms with Gasteiger partial charge in [0.1, 0.15) is 42.1 Å². The maximum absolute atomic E-state index is 16.3. The summed E-state index contributed by atoms with van der Waals surface area (Å²) in [5.74, 6) is -8.67. The summed E-state index contributed by atoms with van der Waals surface area (Å²) in [4.78, 5) is 58.2. The van der Waals surface area contributed by atoms with E-state index >= 15 is 4.39 Å². The molecule has 2 saturated heterocycles. The molecule has 66 heavy (non-hydrogen) atoms.